The van der Waals surface area contributed by atoms with Crippen molar-refractivity contribution in [3.05, 3.63) is 71.8 Å². The van der Waals surface area contributed by atoms with Gasteiger partial charge in [-0.05, 0) is 55.9 Å². The quantitative estimate of drug-likeness (QED) is 0.356. The number of halogens is 3. The molecule has 1 heterocycles. The maximum absolute atomic E-state index is 13.1. The van der Waals surface area contributed by atoms with E-state index in [1.54, 1.807) is 0 Å². The number of likely N-dealkylation sites (tertiary alicyclic amines) is 1. The molecule has 192 valence electrons. The van der Waals surface area contributed by atoms with Crippen LogP contribution in [-0.2, 0) is 10.2 Å². The van der Waals surface area contributed by atoms with Gasteiger partial charge < -0.3 is 16.0 Å². The average molecular weight is 490 g/mol. The molecule has 0 spiro atoms. The molecule has 3 N–H and O–H groups in total. The lowest BCUT2D eigenvalue weighted by Crippen LogP contribution is -2.49. The summed E-state index contributed by atoms with van der Waals surface area (Å²) in [5.41, 5.74) is 7.22. The lowest BCUT2D eigenvalue weighted by Gasteiger charge is -2.37. The van der Waals surface area contributed by atoms with Crippen molar-refractivity contribution in [3.63, 3.8) is 0 Å². The molecule has 1 atom stereocenters. The van der Waals surface area contributed by atoms with Gasteiger partial charge in [-0.2, -0.15) is 13.2 Å². The normalized spacial score (nSPS) is 17.1. The van der Waals surface area contributed by atoms with Crippen LogP contribution in [0.15, 0.2) is 60.7 Å². The first kappa shape index (κ1) is 27.2. The maximum atomic E-state index is 13.1. The molecule has 0 aromatic heterocycles. The van der Waals surface area contributed by atoms with Crippen LogP contribution >= 0.6 is 0 Å². The van der Waals surface area contributed by atoms with Crippen LogP contribution in [0, 0.1) is 5.92 Å². The number of hydrogen-bond acceptors (Lipinski definition) is 3. The molecule has 1 amide bonds. The van der Waals surface area contributed by atoms with Crippen molar-refractivity contribution >= 4 is 5.91 Å². The standard InChI is InChI=1S/C28H38F3N3O/c29-27(30,31)22-33-18-11-3-1-2-4-12-19-34-20-17-25(21-34)28(26(32)35,23-13-7-5-8-14-23)24-15-9-6-10-16-24/h5-10,13-16,25,33H,1-4,11-12,17-22H2,(H2,32,35)/t25-/m1/s1. The van der Waals surface area contributed by atoms with Crippen molar-refractivity contribution in [2.45, 2.75) is 56.5 Å². The lowest BCUT2D eigenvalue weighted by atomic mass is 9.64. The van der Waals surface area contributed by atoms with E-state index in [0.717, 1.165) is 75.7 Å². The highest BCUT2D eigenvalue weighted by molar-refractivity contribution is 5.91. The number of unbranched alkanes of at least 4 members (excludes halogenated alkanes) is 5. The number of carbonyl (C=O) groups is 1. The number of primary amides is 1. The third kappa shape index (κ3) is 7.55. The van der Waals surface area contributed by atoms with Gasteiger partial charge in [0, 0.05) is 6.54 Å². The van der Waals surface area contributed by atoms with E-state index in [-0.39, 0.29) is 11.8 Å². The molecular weight excluding hydrogens is 451 g/mol. The van der Waals surface area contributed by atoms with Crippen LogP contribution in [0.2, 0.25) is 0 Å². The predicted molar refractivity (Wildman–Crippen MR) is 134 cm³/mol. The van der Waals surface area contributed by atoms with Gasteiger partial charge in [-0.3, -0.25) is 4.79 Å². The molecule has 0 aliphatic carbocycles. The molecule has 4 nitrogen and oxygen atoms in total. The Balaban J connectivity index is 1.48. The first-order valence-corrected chi connectivity index (χ1v) is 12.7. The second-order valence-corrected chi connectivity index (χ2v) is 9.60. The van der Waals surface area contributed by atoms with Crippen LogP contribution in [0.4, 0.5) is 13.2 Å². The van der Waals surface area contributed by atoms with E-state index in [9.17, 15) is 18.0 Å². The van der Waals surface area contributed by atoms with E-state index in [1.165, 1.54) is 0 Å². The highest BCUT2D eigenvalue weighted by Gasteiger charge is 2.49. The van der Waals surface area contributed by atoms with Gasteiger partial charge in [-0.25, -0.2) is 0 Å². The summed E-state index contributed by atoms with van der Waals surface area (Å²) in [5.74, 6) is -0.194. The molecule has 35 heavy (non-hydrogen) atoms. The topological polar surface area (TPSA) is 58.4 Å². The summed E-state index contributed by atoms with van der Waals surface area (Å²) in [6.07, 6.45) is 2.84. The average Bonchev–Trinajstić information content (AvgIpc) is 3.30. The fourth-order valence-electron chi connectivity index (χ4n) is 5.44. The van der Waals surface area contributed by atoms with Crippen LogP contribution in [0.5, 0.6) is 0 Å². The number of rotatable bonds is 14. The molecule has 1 aliphatic heterocycles. The molecule has 0 saturated carbocycles. The van der Waals surface area contributed by atoms with Crippen molar-refractivity contribution in [2.24, 2.45) is 11.7 Å². The van der Waals surface area contributed by atoms with Crippen LogP contribution < -0.4 is 11.1 Å². The lowest BCUT2D eigenvalue weighted by molar-refractivity contribution is -0.125. The van der Waals surface area contributed by atoms with E-state index in [1.807, 2.05) is 60.7 Å². The summed E-state index contributed by atoms with van der Waals surface area (Å²) < 4.78 is 36.3. The molecule has 7 heteroatoms. The summed E-state index contributed by atoms with van der Waals surface area (Å²) in [7, 11) is 0. The van der Waals surface area contributed by atoms with E-state index >= 15 is 0 Å². The zero-order chi connectivity index (χ0) is 25.2. The third-order valence-electron chi connectivity index (χ3n) is 7.14. The molecule has 0 radical (unpaired) electrons. The molecular formula is C28H38F3N3O. The van der Waals surface area contributed by atoms with E-state index < -0.39 is 18.1 Å². The van der Waals surface area contributed by atoms with Crippen molar-refractivity contribution in [2.75, 3.05) is 32.7 Å². The number of alkyl halides is 3. The van der Waals surface area contributed by atoms with Crippen LogP contribution in [0.25, 0.3) is 0 Å². The molecule has 2 aromatic carbocycles. The monoisotopic (exact) mass is 489 g/mol. The summed E-state index contributed by atoms with van der Waals surface area (Å²) in [4.78, 5) is 15.6. The summed E-state index contributed by atoms with van der Waals surface area (Å²) in [5, 5.41) is 2.45. The molecule has 0 unspecified atom stereocenters. The summed E-state index contributed by atoms with van der Waals surface area (Å²) in [6.45, 7) is 2.28. The number of nitrogens with one attached hydrogen (secondary N) is 1. The molecule has 1 fully saturated rings. The Morgan fingerprint density at radius 1 is 0.886 bits per heavy atom. The van der Waals surface area contributed by atoms with Gasteiger partial charge >= 0.3 is 6.18 Å². The number of carbonyl (C=O) groups excluding carboxylic acids is 1. The molecule has 1 saturated heterocycles. The Morgan fingerprint density at radius 3 is 1.97 bits per heavy atom. The fraction of sp³-hybridized carbons (Fsp3) is 0.536. The number of amides is 1. The highest BCUT2D eigenvalue weighted by atomic mass is 19.4. The second kappa shape index (κ2) is 13.1. The molecule has 2 aromatic rings. The van der Waals surface area contributed by atoms with Crippen molar-refractivity contribution in [3.8, 4) is 0 Å². The van der Waals surface area contributed by atoms with Gasteiger partial charge in [0.05, 0.1) is 6.54 Å². The van der Waals surface area contributed by atoms with Crippen LogP contribution in [0.3, 0.4) is 0 Å². The number of benzene rings is 2. The Bertz CT molecular complexity index is 850. The predicted octanol–water partition coefficient (Wildman–Crippen LogP) is 5.27. The van der Waals surface area contributed by atoms with E-state index in [0.29, 0.717) is 6.54 Å². The molecule has 3 rings (SSSR count). The molecule has 1 aliphatic rings. The Hall–Kier alpha value is -2.38. The molecule has 0 bridgehead atoms. The third-order valence-corrected chi connectivity index (χ3v) is 7.14. The fourth-order valence-corrected chi connectivity index (χ4v) is 5.44. The van der Waals surface area contributed by atoms with Gasteiger partial charge in [-0.15, -0.1) is 0 Å². The van der Waals surface area contributed by atoms with Crippen molar-refractivity contribution in [1.29, 1.82) is 0 Å². The first-order chi connectivity index (χ1) is 16.8. The van der Waals surface area contributed by atoms with Gasteiger partial charge in [0.2, 0.25) is 5.91 Å². The van der Waals surface area contributed by atoms with Gasteiger partial charge in [-0.1, -0.05) is 86.3 Å². The number of hydrogen-bond donors (Lipinski definition) is 2. The van der Waals surface area contributed by atoms with Gasteiger partial charge in [0.15, 0.2) is 0 Å². The Morgan fingerprint density at radius 2 is 1.43 bits per heavy atom. The SMILES string of the molecule is NC(=O)C(c1ccccc1)(c1ccccc1)[C@@H]1CCN(CCCCCCCCNCC(F)(F)F)C1. The first-order valence-electron chi connectivity index (χ1n) is 12.7. The highest BCUT2D eigenvalue weighted by Crippen LogP contribution is 2.43. The smallest absolute Gasteiger partial charge is 0.369 e. The van der Waals surface area contributed by atoms with Crippen molar-refractivity contribution < 1.29 is 18.0 Å². The second-order valence-electron chi connectivity index (χ2n) is 9.60. The zero-order valence-corrected chi connectivity index (χ0v) is 20.4. The van der Waals surface area contributed by atoms with Crippen LogP contribution in [-0.4, -0.2) is 49.7 Å². The van der Waals surface area contributed by atoms with E-state index in [2.05, 4.69) is 10.2 Å². The van der Waals surface area contributed by atoms with Gasteiger partial charge in [0.1, 0.15) is 5.41 Å². The maximum Gasteiger partial charge on any atom is 0.401 e. The minimum atomic E-state index is -4.13. The zero-order valence-electron chi connectivity index (χ0n) is 20.4. The van der Waals surface area contributed by atoms with Crippen molar-refractivity contribution in [1.82, 2.24) is 10.2 Å². The minimum Gasteiger partial charge on any atom is -0.369 e. The van der Waals surface area contributed by atoms with E-state index in [4.69, 9.17) is 5.73 Å². The Kier molecular flexibility index (Phi) is 10.2. The van der Waals surface area contributed by atoms with Crippen LogP contribution in [0.1, 0.15) is 56.1 Å². The Labute approximate surface area is 207 Å². The largest absolute Gasteiger partial charge is 0.401 e. The minimum absolute atomic E-state index is 0.106. The summed E-state index contributed by atoms with van der Waals surface area (Å²) in [6, 6.07) is 19.8. The number of nitrogens with zero attached hydrogens (tertiary/aromatic N) is 1. The van der Waals surface area contributed by atoms with Gasteiger partial charge in [0.25, 0.3) is 0 Å². The number of nitrogens with two attached hydrogens (primary N) is 1. The summed E-state index contributed by atoms with van der Waals surface area (Å²) >= 11 is 0.